The van der Waals surface area contributed by atoms with E-state index in [2.05, 4.69) is 10.3 Å². The van der Waals surface area contributed by atoms with Gasteiger partial charge in [0.15, 0.2) is 11.6 Å². The number of carbonyl (C=O) groups excluding carboxylic acids is 5. The number of likely N-dealkylation sites (tertiary alicyclic amines) is 1. The van der Waals surface area contributed by atoms with Gasteiger partial charge in [-0.25, -0.2) is 4.79 Å². The van der Waals surface area contributed by atoms with Crippen molar-refractivity contribution in [1.82, 2.24) is 15.2 Å². The van der Waals surface area contributed by atoms with Crippen LogP contribution in [0.3, 0.4) is 0 Å². The van der Waals surface area contributed by atoms with Crippen molar-refractivity contribution in [2.75, 3.05) is 6.54 Å². The van der Waals surface area contributed by atoms with Crippen LogP contribution >= 0.6 is 0 Å². The number of nitrogens with zero attached hydrogens (tertiary/aromatic N) is 1. The minimum atomic E-state index is -2.46. The number of ketones is 1. The number of primary amides is 1. The van der Waals surface area contributed by atoms with E-state index in [1.165, 1.54) is 11.0 Å². The lowest BCUT2D eigenvalue weighted by Gasteiger charge is -2.33. The van der Waals surface area contributed by atoms with Gasteiger partial charge in [-0.15, -0.1) is 0 Å². The molecule has 4 atom stereocenters. The normalized spacial score (nSPS) is 17.8. The molecule has 4 rings (SSSR count). The lowest BCUT2D eigenvalue weighted by atomic mass is 9.87. The maximum absolute atomic E-state index is 13.8. The average Bonchev–Trinajstić information content (AvgIpc) is 3.62. The molecule has 7 N–H and O–H groups in total. The largest absolute Gasteiger partial charge is 0.458 e. The van der Waals surface area contributed by atoms with Crippen LogP contribution in [-0.4, -0.2) is 80.3 Å². The molecule has 1 aliphatic rings. The Morgan fingerprint density at radius 2 is 1.73 bits per heavy atom. The smallest absolute Gasteiger partial charge is 0.329 e. The van der Waals surface area contributed by atoms with Gasteiger partial charge in [-0.3, -0.25) is 19.2 Å². The lowest BCUT2D eigenvalue weighted by Crippen LogP contribution is -2.65. The molecule has 12 heteroatoms. The van der Waals surface area contributed by atoms with E-state index in [-0.39, 0.29) is 18.7 Å². The molecule has 0 radical (unpaired) electrons. The monoisotopic (exact) mass is 605 g/mol. The van der Waals surface area contributed by atoms with Gasteiger partial charge < -0.3 is 36.5 Å². The summed E-state index contributed by atoms with van der Waals surface area (Å²) in [5.74, 6) is -4.38. The molecular weight excluding hydrogens is 566 g/mol. The molecule has 3 amide bonds. The SMILES string of the molecule is CC(C)(C)OC(=O)[C@@H]1CCCN1C(=O)C(O)[C@H](Cc1ccccc1)NC(=O)[C@@](N)(CC(N)=O)C(=O)c1cc2ccccc2[nH]1. The maximum atomic E-state index is 13.8. The Morgan fingerprint density at radius 1 is 1.07 bits per heavy atom. The molecule has 0 bridgehead atoms. The predicted octanol–water partition coefficient (Wildman–Crippen LogP) is 1.34. The molecule has 0 saturated carbocycles. The van der Waals surface area contributed by atoms with Crippen LogP contribution in [0.2, 0.25) is 0 Å². The number of amides is 3. The van der Waals surface area contributed by atoms with E-state index < -0.39 is 65.2 Å². The van der Waals surface area contributed by atoms with Gasteiger partial charge in [0.1, 0.15) is 11.6 Å². The molecule has 2 aromatic carbocycles. The number of nitrogens with two attached hydrogens (primary N) is 2. The van der Waals surface area contributed by atoms with Crippen molar-refractivity contribution in [2.24, 2.45) is 11.5 Å². The zero-order chi connectivity index (χ0) is 32.2. The molecule has 12 nitrogen and oxygen atoms in total. The summed E-state index contributed by atoms with van der Waals surface area (Å²) in [4.78, 5) is 70.3. The molecular formula is C32H39N5O7. The van der Waals surface area contributed by atoms with Gasteiger partial charge in [-0.05, 0) is 57.7 Å². The number of rotatable bonds is 11. The lowest BCUT2D eigenvalue weighted by molar-refractivity contribution is -0.165. The summed E-state index contributed by atoms with van der Waals surface area (Å²) in [5, 5.41) is 14.6. The summed E-state index contributed by atoms with van der Waals surface area (Å²) in [7, 11) is 0. The number of nitrogens with one attached hydrogen (secondary N) is 2. The Kier molecular flexibility index (Phi) is 9.55. The van der Waals surface area contributed by atoms with Crippen molar-refractivity contribution >= 4 is 40.4 Å². The van der Waals surface area contributed by atoms with Gasteiger partial charge in [0, 0.05) is 17.4 Å². The van der Waals surface area contributed by atoms with Crippen molar-refractivity contribution in [3.05, 3.63) is 71.9 Å². The van der Waals surface area contributed by atoms with E-state index >= 15 is 0 Å². The van der Waals surface area contributed by atoms with Gasteiger partial charge in [-0.2, -0.15) is 0 Å². The molecule has 44 heavy (non-hydrogen) atoms. The number of hydrogen-bond donors (Lipinski definition) is 5. The second-order valence-electron chi connectivity index (χ2n) is 12.2. The molecule has 1 saturated heterocycles. The van der Waals surface area contributed by atoms with Gasteiger partial charge in [-0.1, -0.05) is 48.5 Å². The van der Waals surface area contributed by atoms with E-state index in [9.17, 15) is 29.1 Å². The number of ether oxygens (including phenoxy) is 1. The van der Waals surface area contributed by atoms with Gasteiger partial charge >= 0.3 is 5.97 Å². The summed E-state index contributed by atoms with van der Waals surface area (Å²) in [6.07, 6.45) is -1.82. The zero-order valence-corrected chi connectivity index (χ0v) is 25.0. The zero-order valence-electron chi connectivity index (χ0n) is 25.0. The molecule has 1 aliphatic heterocycles. The van der Waals surface area contributed by atoms with Crippen LogP contribution in [0.15, 0.2) is 60.7 Å². The van der Waals surface area contributed by atoms with Gasteiger partial charge in [0.25, 0.3) is 5.91 Å². The number of benzene rings is 2. The number of aromatic amines is 1. The summed E-state index contributed by atoms with van der Waals surface area (Å²) in [5.41, 5.74) is 9.83. The average molecular weight is 606 g/mol. The van der Waals surface area contributed by atoms with Crippen LogP contribution in [0, 0.1) is 0 Å². The topological polar surface area (TPSA) is 198 Å². The fraction of sp³-hybridized carbons (Fsp3) is 0.406. The van der Waals surface area contributed by atoms with Crippen molar-refractivity contribution in [3.8, 4) is 0 Å². The minimum absolute atomic E-state index is 0.0152. The molecule has 2 heterocycles. The highest BCUT2D eigenvalue weighted by molar-refractivity contribution is 6.20. The first-order valence-corrected chi connectivity index (χ1v) is 14.5. The van der Waals surface area contributed by atoms with Crippen LogP contribution < -0.4 is 16.8 Å². The predicted molar refractivity (Wildman–Crippen MR) is 162 cm³/mol. The number of hydrogen-bond acceptors (Lipinski definition) is 8. The second-order valence-corrected chi connectivity index (χ2v) is 12.2. The number of carbonyl (C=O) groups is 5. The second kappa shape index (κ2) is 13.0. The molecule has 234 valence electrons. The molecule has 3 aromatic rings. The van der Waals surface area contributed by atoms with Gasteiger partial charge in [0.05, 0.1) is 18.2 Å². The first-order valence-electron chi connectivity index (χ1n) is 14.5. The number of esters is 1. The Morgan fingerprint density at radius 3 is 2.36 bits per heavy atom. The first-order chi connectivity index (χ1) is 20.7. The third-order valence-corrected chi connectivity index (χ3v) is 7.50. The first kappa shape index (κ1) is 32.4. The summed E-state index contributed by atoms with van der Waals surface area (Å²) in [6.45, 7) is 5.35. The number of H-pyrrole nitrogens is 1. The Balaban J connectivity index is 1.63. The summed E-state index contributed by atoms with van der Waals surface area (Å²) < 4.78 is 5.49. The fourth-order valence-electron chi connectivity index (χ4n) is 5.37. The fourth-order valence-corrected chi connectivity index (χ4v) is 5.37. The highest BCUT2D eigenvalue weighted by Crippen LogP contribution is 2.24. The van der Waals surface area contributed by atoms with Gasteiger partial charge in [0.2, 0.25) is 17.6 Å². The molecule has 1 unspecified atom stereocenters. The summed E-state index contributed by atoms with van der Waals surface area (Å²) in [6, 6.07) is 15.1. The molecule has 1 aromatic heterocycles. The third kappa shape index (κ3) is 7.32. The van der Waals surface area contributed by atoms with Crippen LogP contribution in [0.25, 0.3) is 10.9 Å². The Hall–Kier alpha value is -4.55. The van der Waals surface area contributed by atoms with Crippen LogP contribution in [-0.2, 0) is 30.3 Å². The van der Waals surface area contributed by atoms with Crippen molar-refractivity contribution in [2.45, 2.75) is 75.8 Å². The van der Waals surface area contributed by atoms with E-state index in [0.29, 0.717) is 29.3 Å². The molecule has 0 spiro atoms. The van der Waals surface area contributed by atoms with Crippen molar-refractivity contribution < 1.29 is 33.8 Å². The number of fused-ring (bicyclic) bond motifs is 1. The van der Waals surface area contributed by atoms with E-state index in [0.717, 1.165) is 0 Å². The minimum Gasteiger partial charge on any atom is -0.458 e. The van der Waals surface area contributed by atoms with Crippen LogP contribution in [0.4, 0.5) is 0 Å². The van der Waals surface area contributed by atoms with Crippen LogP contribution in [0.5, 0.6) is 0 Å². The molecule has 1 fully saturated rings. The van der Waals surface area contributed by atoms with E-state index in [1.807, 2.05) is 0 Å². The highest BCUT2D eigenvalue weighted by atomic mass is 16.6. The van der Waals surface area contributed by atoms with Crippen molar-refractivity contribution in [1.29, 1.82) is 0 Å². The van der Waals surface area contributed by atoms with Crippen LogP contribution in [0.1, 0.15) is 56.1 Å². The number of aliphatic hydroxyl groups is 1. The Bertz CT molecular complexity index is 1510. The quantitative estimate of drug-likeness (QED) is 0.123. The number of aliphatic hydroxyl groups excluding tert-OH is 1. The number of Topliss-reactive ketones (excluding diaryl/α,β-unsaturated/α-hetero) is 1. The standard InChI is InChI=1S/C32H39N5O7/c1-31(2,3)44-29(42)24-14-9-15-37(24)28(41)26(39)22(16-19-10-5-4-6-11-19)36-30(43)32(34,18-25(33)38)27(40)23-17-20-12-7-8-13-21(20)35-23/h4-8,10-13,17,22,24,26,35,39H,9,14-16,18,34H2,1-3H3,(H2,33,38)(H,36,43)/t22-,24-,26?,32+/m0/s1. The highest BCUT2D eigenvalue weighted by Gasteiger charge is 2.47. The third-order valence-electron chi connectivity index (χ3n) is 7.50. The van der Waals surface area contributed by atoms with E-state index in [1.54, 1.807) is 75.4 Å². The molecule has 0 aliphatic carbocycles. The van der Waals surface area contributed by atoms with E-state index in [4.69, 9.17) is 16.2 Å². The number of para-hydroxylation sites is 1. The maximum Gasteiger partial charge on any atom is 0.329 e. The van der Waals surface area contributed by atoms with Crippen molar-refractivity contribution in [3.63, 3.8) is 0 Å². The number of aromatic nitrogens is 1. The Labute approximate surface area is 255 Å². The summed E-state index contributed by atoms with van der Waals surface area (Å²) >= 11 is 0.